The first-order valence-corrected chi connectivity index (χ1v) is 14.7. The van der Waals surface area contributed by atoms with Crippen LogP contribution in [0.5, 0.6) is 0 Å². The third kappa shape index (κ3) is 5.13. The first-order chi connectivity index (χ1) is 16.6. The minimum Gasteiger partial charge on any atom is -0.390 e. The van der Waals surface area contributed by atoms with Crippen molar-refractivity contribution in [3.63, 3.8) is 0 Å². The molecule has 2 N–H and O–H groups in total. The maximum Gasteiger partial charge on any atom is 0.196 e. The summed E-state index contributed by atoms with van der Waals surface area (Å²) in [6.45, 7) is 0.810. The van der Waals surface area contributed by atoms with Gasteiger partial charge in [-0.2, -0.15) is 0 Å². The SMILES string of the molecule is Nc1sc(-c2cccs2)c(CN(C2CCCCC2)C2CCCCC2)c1C(=O)c1ccc(Cl)cc1. The van der Waals surface area contributed by atoms with Crippen LogP contribution >= 0.6 is 34.3 Å². The summed E-state index contributed by atoms with van der Waals surface area (Å²) in [6.07, 6.45) is 13.0. The van der Waals surface area contributed by atoms with Crippen LogP contribution in [0.3, 0.4) is 0 Å². The summed E-state index contributed by atoms with van der Waals surface area (Å²) >= 11 is 9.40. The van der Waals surface area contributed by atoms with Crippen molar-refractivity contribution in [2.75, 3.05) is 5.73 Å². The summed E-state index contributed by atoms with van der Waals surface area (Å²) in [5.41, 5.74) is 9.08. The van der Waals surface area contributed by atoms with Gasteiger partial charge < -0.3 is 5.73 Å². The van der Waals surface area contributed by atoms with Gasteiger partial charge in [0.2, 0.25) is 0 Å². The monoisotopic (exact) mass is 512 g/mol. The lowest BCUT2D eigenvalue weighted by molar-refractivity contribution is 0.0728. The quantitative estimate of drug-likeness (QED) is 0.323. The number of carbonyl (C=O) groups excluding carboxylic acids is 1. The molecule has 0 atom stereocenters. The summed E-state index contributed by atoms with van der Waals surface area (Å²) in [4.78, 5) is 18.9. The summed E-state index contributed by atoms with van der Waals surface area (Å²) < 4.78 is 0. The molecule has 180 valence electrons. The highest BCUT2D eigenvalue weighted by molar-refractivity contribution is 7.24. The number of rotatable bonds is 7. The second kappa shape index (κ2) is 10.9. The number of nitrogens with zero attached hydrogens (tertiary/aromatic N) is 1. The molecule has 3 nitrogen and oxygen atoms in total. The molecule has 3 aromatic rings. The van der Waals surface area contributed by atoms with E-state index in [-0.39, 0.29) is 5.78 Å². The minimum atomic E-state index is 0.00969. The standard InChI is InChI=1S/C28H33ClN2OS2/c29-20-15-13-19(14-16-20)26(32)25-23(27(34-28(25)30)24-12-7-17-33-24)18-31(21-8-3-1-4-9-21)22-10-5-2-6-11-22/h7,12-17,21-22H,1-6,8-11,18,30H2. The zero-order valence-corrected chi connectivity index (χ0v) is 22.0. The highest BCUT2D eigenvalue weighted by atomic mass is 35.5. The molecule has 0 aliphatic heterocycles. The fourth-order valence-electron chi connectivity index (χ4n) is 5.80. The van der Waals surface area contributed by atoms with E-state index in [2.05, 4.69) is 22.4 Å². The van der Waals surface area contributed by atoms with Crippen LogP contribution in [0.2, 0.25) is 5.02 Å². The van der Waals surface area contributed by atoms with Crippen LogP contribution in [0, 0.1) is 0 Å². The smallest absolute Gasteiger partial charge is 0.196 e. The molecule has 0 amide bonds. The van der Waals surface area contributed by atoms with Gasteiger partial charge in [0.25, 0.3) is 0 Å². The lowest BCUT2D eigenvalue weighted by Gasteiger charge is -2.42. The first kappa shape index (κ1) is 24.1. The Balaban J connectivity index is 1.57. The van der Waals surface area contributed by atoms with Gasteiger partial charge in [0, 0.05) is 34.1 Å². The highest BCUT2D eigenvalue weighted by Gasteiger charge is 2.33. The van der Waals surface area contributed by atoms with Gasteiger partial charge in [0.15, 0.2) is 5.78 Å². The lowest BCUT2D eigenvalue weighted by Crippen LogP contribution is -2.44. The van der Waals surface area contributed by atoms with Crippen LogP contribution in [0.4, 0.5) is 5.00 Å². The highest BCUT2D eigenvalue weighted by Crippen LogP contribution is 2.43. The number of anilines is 1. The van der Waals surface area contributed by atoms with E-state index in [0.29, 0.717) is 33.2 Å². The topological polar surface area (TPSA) is 46.3 Å². The molecule has 0 radical (unpaired) electrons. The molecule has 1 aromatic carbocycles. The number of ketones is 1. The normalized spacial score (nSPS) is 17.9. The number of carbonyl (C=O) groups is 1. The number of hydrogen-bond acceptors (Lipinski definition) is 5. The average Bonchev–Trinajstić information content (AvgIpc) is 3.51. The average molecular weight is 513 g/mol. The van der Waals surface area contributed by atoms with Crippen molar-refractivity contribution in [2.24, 2.45) is 0 Å². The molecule has 2 aromatic heterocycles. The Hall–Kier alpha value is -1.66. The second-order valence-corrected chi connectivity index (χ2v) is 12.2. The molecule has 34 heavy (non-hydrogen) atoms. The Morgan fingerprint density at radius 1 is 0.941 bits per heavy atom. The van der Waals surface area contributed by atoms with E-state index in [1.165, 1.54) is 74.0 Å². The molecule has 5 rings (SSSR count). The van der Waals surface area contributed by atoms with E-state index in [1.807, 2.05) is 12.1 Å². The van der Waals surface area contributed by atoms with E-state index in [1.54, 1.807) is 34.8 Å². The van der Waals surface area contributed by atoms with Crippen molar-refractivity contribution in [3.8, 4) is 9.75 Å². The lowest BCUT2D eigenvalue weighted by atomic mass is 9.87. The van der Waals surface area contributed by atoms with Gasteiger partial charge in [-0.15, -0.1) is 22.7 Å². The summed E-state index contributed by atoms with van der Waals surface area (Å²) in [5, 5.41) is 3.37. The van der Waals surface area contributed by atoms with Crippen molar-refractivity contribution >= 4 is 45.1 Å². The Morgan fingerprint density at radius 2 is 1.56 bits per heavy atom. The van der Waals surface area contributed by atoms with Gasteiger partial charge in [0.05, 0.1) is 15.4 Å². The zero-order chi connectivity index (χ0) is 23.5. The van der Waals surface area contributed by atoms with E-state index >= 15 is 0 Å². The molecule has 0 saturated heterocycles. The van der Waals surface area contributed by atoms with E-state index < -0.39 is 0 Å². The van der Waals surface area contributed by atoms with E-state index in [9.17, 15) is 4.79 Å². The maximum atomic E-state index is 13.8. The molecular weight excluding hydrogens is 480 g/mol. The summed E-state index contributed by atoms with van der Waals surface area (Å²) in [5.74, 6) is 0.00969. The fraction of sp³-hybridized carbons (Fsp3) is 0.464. The molecule has 2 heterocycles. The number of halogens is 1. The van der Waals surface area contributed by atoms with E-state index in [4.69, 9.17) is 17.3 Å². The van der Waals surface area contributed by atoms with Crippen molar-refractivity contribution in [1.82, 2.24) is 4.90 Å². The first-order valence-electron chi connectivity index (χ1n) is 12.6. The maximum absolute atomic E-state index is 13.8. The zero-order valence-electron chi connectivity index (χ0n) is 19.6. The fourth-order valence-corrected chi connectivity index (χ4v) is 7.88. The van der Waals surface area contributed by atoms with Gasteiger partial charge in [-0.05, 0) is 67.0 Å². The van der Waals surface area contributed by atoms with E-state index in [0.717, 1.165) is 12.1 Å². The molecule has 2 fully saturated rings. The number of nitrogen functional groups attached to an aromatic ring is 1. The van der Waals surface area contributed by atoms with Crippen molar-refractivity contribution in [2.45, 2.75) is 82.8 Å². The minimum absolute atomic E-state index is 0.00969. The summed E-state index contributed by atoms with van der Waals surface area (Å²) in [6, 6.07) is 12.6. The van der Waals surface area contributed by atoms with Crippen LogP contribution in [-0.2, 0) is 6.54 Å². The van der Waals surface area contributed by atoms with Crippen molar-refractivity contribution in [3.05, 3.63) is 63.5 Å². The van der Waals surface area contributed by atoms with Gasteiger partial charge in [-0.25, -0.2) is 0 Å². The van der Waals surface area contributed by atoms with Gasteiger partial charge in [-0.1, -0.05) is 56.2 Å². The Morgan fingerprint density at radius 3 is 2.12 bits per heavy atom. The predicted octanol–water partition coefficient (Wildman–Crippen LogP) is 8.41. The van der Waals surface area contributed by atoms with Crippen LogP contribution < -0.4 is 5.73 Å². The van der Waals surface area contributed by atoms with Gasteiger partial charge >= 0.3 is 0 Å². The predicted molar refractivity (Wildman–Crippen MR) is 146 cm³/mol. The third-order valence-electron chi connectivity index (χ3n) is 7.54. The Kier molecular flexibility index (Phi) is 7.74. The number of hydrogen-bond donors (Lipinski definition) is 1. The summed E-state index contributed by atoms with van der Waals surface area (Å²) in [7, 11) is 0. The van der Waals surface area contributed by atoms with Crippen LogP contribution in [-0.4, -0.2) is 22.8 Å². The van der Waals surface area contributed by atoms with Crippen LogP contribution in [0.25, 0.3) is 9.75 Å². The second-order valence-electron chi connectivity index (χ2n) is 9.72. The van der Waals surface area contributed by atoms with Crippen molar-refractivity contribution < 1.29 is 4.79 Å². The number of thiophene rings is 2. The van der Waals surface area contributed by atoms with Gasteiger partial charge in [-0.3, -0.25) is 9.69 Å². The van der Waals surface area contributed by atoms with Gasteiger partial charge in [0.1, 0.15) is 0 Å². The molecule has 2 aliphatic rings. The third-order valence-corrected chi connectivity index (χ3v) is 9.90. The number of nitrogens with two attached hydrogens (primary N) is 1. The van der Waals surface area contributed by atoms with Crippen LogP contribution in [0.1, 0.15) is 85.7 Å². The molecule has 0 spiro atoms. The van der Waals surface area contributed by atoms with Crippen LogP contribution in [0.15, 0.2) is 41.8 Å². The Labute approximate surface area is 215 Å². The molecule has 0 unspecified atom stereocenters. The molecule has 2 saturated carbocycles. The largest absolute Gasteiger partial charge is 0.390 e. The molecule has 0 bridgehead atoms. The molecule has 6 heteroatoms. The molecular formula is C28H33ClN2OS2. The molecule has 2 aliphatic carbocycles. The Bertz CT molecular complexity index is 1080. The van der Waals surface area contributed by atoms with Crippen molar-refractivity contribution in [1.29, 1.82) is 0 Å². The number of benzene rings is 1.